The highest BCUT2D eigenvalue weighted by Gasteiger charge is 2.50. The first-order valence-electron chi connectivity index (χ1n) is 6.40. The van der Waals surface area contributed by atoms with E-state index >= 15 is 0 Å². The van der Waals surface area contributed by atoms with Crippen LogP contribution in [0.15, 0.2) is 48.5 Å². The largest absolute Gasteiger partial charge is 0.323 e. The summed E-state index contributed by atoms with van der Waals surface area (Å²) in [6.45, 7) is 0. The van der Waals surface area contributed by atoms with E-state index in [0.717, 1.165) is 18.4 Å². The summed E-state index contributed by atoms with van der Waals surface area (Å²) in [7, 11) is 0. The molecule has 0 radical (unpaired) electrons. The molecule has 1 fully saturated rings. The second kappa shape index (κ2) is 4.82. The Labute approximate surface area is 123 Å². The van der Waals surface area contributed by atoms with Crippen molar-refractivity contribution >= 4 is 23.2 Å². The van der Waals surface area contributed by atoms with Gasteiger partial charge >= 0.3 is 0 Å². The molecular weight excluding hydrogens is 277 g/mol. The summed E-state index contributed by atoms with van der Waals surface area (Å²) < 4.78 is 0. The first-order valence-corrected chi connectivity index (χ1v) is 7.16. The van der Waals surface area contributed by atoms with E-state index in [1.54, 1.807) is 6.07 Å². The zero-order valence-corrected chi connectivity index (χ0v) is 12.0. The minimum atomic E-state index is -0.110. The molecule has 2 aromatic carbocycles. The fourth-order valence-corrected chi connectivity index (χ4v) is 3.17. The molecule has 0 aromatic heterocycles. The molecule has 0 spiro atoms. The molecule has 0 heterocycles. The van der Waals surface area contributed by atoms with Crippen molar-refractivity contribution in [2.24, 2.45) is 5.73 Å². The molecule has 3 heteroatoms. The highest BCUT2D eigenvalue weighted by atomic mass is 35.5. The summed E-state index contributed by atoms with van der Waals surface area (Å²) in [4.78, 5) is 0. The lowest BCUT2D eigenvalue weighted by molar-refractivity contribution is 0.541. The van der Waals surface area contributed by atoms with Gasteiger partial charge < -0.3 is 5.73 Å². The molecule has 2 N–H and O–H groups in total. The predicted octanol–water partition coefficient (Wildman–Crippen LogP) is 4.73. The van der Waals surface area contributed by atoms with E-state index in [0.29, 0.717) is 10.0 Å². The third kappa shape index (κ3) is 2.16. The Morgan fingerprint density at radius 3 is 2.26 bits per heavy atom. The van der Waals surface area contributed by atoms with Crippen LogP contribution in [0.4, 0.5) is 0 Å². The van der Waals surface area contributed by atoms with Gasteiger partial charge in [-0.2, -0.15) is 0 Å². The Bertz CT molecular complexity index is 591. The zero-order valence-electron chi connectivity index (χ0n) is 10.4. The molecule has 2 aromatic rings. The van der Waals surface area contributed by atoms with Crippen LogP contribution in [0, 0.1) is 0 Å². The predicted molar refractivity (Wildman–Crippen MR) is 80.7 cm³/mol. The van der Waals surface area contributed by atoms with E-state index in [2.05, 4.69) is 24.3 Å². The Morgan fingerprint density at radius 1 is 0.947 bits per heavy atom. The number of hydrogen-bond donors (Lipinski definition) is 1. The fourth-order valence-electron chi connectivity index (χ4n) is 2.74. The van der Waals surface area contributed by atoms with Gasteiger partial charge in [-0.05, 0) is 30.0 Å². The summed E-state index contributed by atoms with van der Waals surface area (Å²) in [6, 6.07) is 16.0. The van der Waals surface area contributed by atoms with Gasteiger partial charge in [0.25, 0.3) is 0 Å². The first kappa shape index (κ1) is 13.0. The Balaban J connectivity index is 2.01. The van der Waals surface area contributed by atoms with E-state index in [9.17, 15) is 0 Å². The Hall–Kier alpha value is -1.02. The Kier molecular flexibility index (Phi) is 3.30. The monoisotopic (exact) mass is 291 g/mol. The zero-order chi connectivity index (χ0) is 13.5. The van der Waals surface area contributed by atoms with Gasteiger partial charge in [0.05, 0.1) is 10.0 Å². The molecule has 3 rings (SSSR count). The van der Waals surface area contributed by atoms with Crippen molar-refractivity contribution in [3.63, 3.8) is 0 Å². The summed E-state index contributed by atoms with van der Waals surface area (Å²) in [5.74, 6) is 0. The summed E-state index contributed by atoms with van der Waals surface area (Å²) >= 11 is 12.4. The van der Waals surface area contributed by atoms with E-state index in [1.807, 2.05) is 18.2 Å². The highest BCUT2D eigenvalue weighted by molar-refractivity contribution is 6.42. The average molecular weight is 292 g/mol. The molecule has 98 valence electrons. The molecule has 0 bridgehead atoms. The van der Waals surface area contributed by atoms with Gasteiger partial charge in [0.1, 0.15) is 0 Å². The average Bonchev–Trinajstić information content (AvgIpc) is 3.24. The molecule has 0 saturated heterocycles. The van der Waals surface area contributed by atoms with Crippen molar-refractivity contribution in [1.82, 2.24) is 0 Å². The second-order valence-corrected chi connectivity index (χ2v) is 5.93. The van der Waals surface area contributed by atoms with Crippen molar-refractivity contribution in [3.8, 4) is 0 Å². The van der Waals surface area contributed by atoms with Crippen LogP contribution < -0.4 is 5.73 Å². The van der Waals surface area contributed by atoms with Gasteiger partial charge in [0.2, 0.25) is 0 Å². The van der Waals surface area contributed by atoms with Gasteiger partial charge in [0.15, 0.2) is 0 Å². The lowest BCUT2D eigenvalue weighted by Crippen LogP contribution is -2.26. The normalized spacial score (nSPS) is 18.1. The van der Waals surface area contributed by atoms with E-state index in [1.165, 1.54) is 5.56 Å². The standard InChI is InChI=1S/C16H15Cl2N/c17-13-8-4-7-12(14(13)18)15(19)16(9-10-16)11-5-2-1-3-6-11/h1-8,15H,9-10,19H2. The quantitative estimate of drug-likeness (QED) is 0.870. The van der Waals surface area contributed by atoms with Gasteiger partial charge in [-0.15, -0.1) is 0 Å². The van der Waals surface area contributed by atoms with Crippen LogP contribution in [0.5, 0.6) is 0 Å². The number of hydrogen-bond acceptors (Lipinski definition) is 1. The second-order valence-electron chi connectivity index (χ2n) is 5.14. The summed E-state index contributed by atoms with van der Waals surface area (Å²) in [5.41, 5.74) is 8.75. The maximum Gasteiger partial charge on any atom is 0.0640 e. The summed E-state index contributed by atoms with van der Waals surface area (Å²) in [6.07, 6.45) is 2.20. The van der Waals surface area contributed by atoms with Crippen LogP contribution >= 0.6 is 23.2 Å². The van der Waals surface area contributed by atoms with Crippen molar-refractivity contribution in [2.45, 2.75) is 24.3 Å². The lowest BCUT2D eigenvalue weighted by Gasteiger charge is -2.25. The van der Waals surface area contributed by atoms with Crippen LogP contribution in [0.25, 0.3) is 0 Å². The number of nitrogens with two attached hydrogens (primary N) is 1. The number of rotatable bonds is 3. The minimum Gasteiger partial charge on any atom is -0.323 e. The topological polar surface area (TPSA) is 26.0 Å². The van der Waals surface area contributed by atoms with Gasteiger partial charge in [0, 0.05) is 11.5 Å². The van der Waals surface area contributed by atoms with Crippen LogP contribution in [0.1, 0.15) is 30.0 Å². The lowest BCUT2D eigenvalue weighted by atomic mass is 9.84. The van der Waals surface area contributed by atoms with Crippen molar-refractivity contribution < 1.29 is 0 Å². The molecule has 1 nitrogen and oxygen atoms in total. The molecular formula is C16H15Cl2N. The Morgan fingerprint density at radius 2 is 1.63 bits per heavy atom. The van der Waals surface area contributed by atoms with Crippen molar-refractivity contribution in [1.29, 1.82) is 0 Å². The van der Waals surface area contributed by atoms with Crippen LogP contribution in [0.2, 0.25) is 10.0 Å². The van der Waals surface area contributed by atoms with Gasteiger partial charge in [-0.3, -0.25) is 0 Å². The molecule has 19 heavy (non-hydrogen) atoms. The van der Waals surface area contributed by atoms with Crippen molar-refractivity contribution in [3.05, 3.63) is 69.7 Å². The molecule has 1 saturated carbocycles. The van der Waals surface area contributed by atoms with Crippen LogP contribution in [0.3, 0.4) is 0 Å². The SMILES string of the molecule is NC(c1cccc(Cl)c1Cl)C1(c2ccccc2)CC1. The first-order chi connectivity index (χ1) is 9.15. The molecule has 1 atom stereocenters. The molecule has 1 aliphatic carbocycles. The molecule has 0 amide bonds. The maximum atomic E-state index is 6.49. The third-order valence-corrected chi connectivity index (χ3v) is 4.88. The molecule has 1 aliphatic rings. The van der Waals surface area contributed by atoms with Crippen molar-refractivity contribution in [2.75, 3.05) is 0 Å². The van der Waals surface area contributed by atoms with E-state index < -0.39 is 0 Å². The summed E-state index contributed by atoms with van der Waals surface area (Å²) in [5, 5.41) is 1.15. The third-order valence-electron chi connectivity index (χ3n) is 4.05. The van der Waals surface area contributed by atoms with Crippen LogP contribution in [-0.4, -0.2) is 0 Å². The van der Waals surface area contributed by atoms with Gasteiger partial charge in [-0.25, -0.2) is 0 Å². The highest BCUT2D eigenvalue weighted by Crippen LogP contribution is 2.56. The van der Waals surface area contributed by atoms with E-state index in [4.69, 9.17) is 28.9 Å². The molecule has 0 aliphatic heterocycles. The number of benzene rings is 2. The maximum absolute atomic E-state index is 6.49. The minimum absolute atomic E-state index is 0.0234. The van der Waals surface area contributed by atoms with Gasteiger partial charge in [-0.1, -0.05) is 65.7 Å². The van der Waals surface area contributed by atoms with E-state index in [-0.39, 0.29) is 11.5 Å². The van der Waals surface area contributed by atoms with Crippen LogP contribution in [-0.2, 0) is 5.41 Å². The fraction of sp³-hybridized carbons (Fsp3) is 0.250. The molecule has 1 unspecified atom stereocenters. The smallest absolute Gasteiger partial charge is 0.0640 e. The number of halogens is 2.